The molecule has 0 spiro atoms. The van der Waals surface area contributed by atoms with Crippen molar-refractivity contribution in [2.24, 2.45) is 5.92 Å². The Balaban J connectivity index is 1.66. The van der Waals surface area contributed by atoms with Gasteiger partial charge in [0, 0.05) is 13.1 Å². The third-order valence-electron chi connectivity index (χ3n) is 4.35. The van der Waals surface area contributed by atoms with E-state index in [1.165, 1.54) is 0 Å². The Kier molecular flexibility index (Phi) is 4.60. The number of nitrogens with zero attached hydrogens (tertiary/aromatic N) is 1. The van der Waals surface area contributed by atoms with Crippen molar-refractivity contribution in [2.75, 3.05) is 19.7 Å². The summed E-state index contributed by atoms with van der Waals surface area (Å²) < 4.78 is 5.26. The number of likely N-dealkylation sites (tertiary alicyclic amines) is 1. The molecule has 1 saturated heterocycles. The van der Waals surface area contributed by atoms with E-state index in [4.69, 9.17) is 4.74 Å². The molecule has 1 aliphatic rings. The molecular formula is C19H21NO3. The molecule has 2 aromatic carbocycles. The van der Waals surface area contributed by atoms with Crippen LogP contribution < -0.4 is 0 Å². The van der Waals surface area contributed by atoms with Crippen LogP contribution in [0.3, 0.4) is 0 Å². The van der Waals surface area contributed by atoms with Gasteiger partial charge in [0.2, 0.25) is 0 Å². The third kappa shape index (κ3) is 3.52. The summed E-state index contributed by atoms with van der Waals surface area (Å²) >= 11 is 0. The molecule has 0 unspecified atom stereocenters. The van der Waals surface area contributed by atoms with Crippen LogP contribution in [0, 0.1) is 5.92 Å². The van der Waals surface area contributed by atoms with Gasteiger partial charge in [-0.25, -0.2) is 4.79 Å². The first-order chi connectivity index (χ1) is 11.1. The van der Waals surface area contributed by atoms with E-state index in [-0.39, 0.29) is 12.5 Å². The average molecular weight is 311 g/mol. The lowest BCUT2D eigenvalue weighted by atomic mass is 10.0. The molecule has 1 atom stereocenters. The van der Waals surface area contributed by atoms with E-state index in [0.717, 1.165) is 36.7 Å². The second kappa shape index (κ2) is 6.82. The van der Waals surface area contributed by atoms with E-state index in [9.17, 15) is 9.59 Å². The zero-order valence-electron chi connectivity index (χ0n) is 13.3. The molecule has 0 aliphatic carbocycles. The molecular weight excluding hydrogens is 290 g/mol. The number of ether oxygens (including phenoxy) is 1. The number of hydrogen-bond acceptors (Lipinski definition) is 3. The molecule has 1 fully saturated rings. The first-order valence-corrected chi connectivity index (χ1v) is 8.08. The monoisotopic (exact) mass is 311 g/mol. The van der Waals surface area contributed by atoms with Crippen molar-refractivity contribution >= 4 is 22.6 Å². The van der Waals surface area contributed by atoms with E-state index in [2.05, 4.69) is 6.92 Å². The minimum Gasteiger partial charge on any atom is -0.452 e. The Labute approximate surface area is 136 Å². The molecule has 120 valence electrons. The van der Waals surface area contributed by atoms with Gasteiger partial charge in [0.15, 0.2) is 6.61 Å². The molecule has 0 radical (unpaired) electrons. The van der Waals surface area contributed by atoms with Crippen molar-refractivity contribution in [1.82, 2.24) is 4.90 Å². The van der Waals surface area contributed by atoms with Crippen LogP contribution >= 0.6 is 0 Å². The van der Waals surface area contributed by atoms with Crippen LogP contribution in [0.5, 0.6) is 0 Å². The Morgan fingerprint density at radius 2 is 1.96 bits per heavy atom. The number of fused-ring (bicyclic) bond motifs is 1. The number of esters is 1. The number of hydrogen-bond donors (Lipinski definition) is 0. The fourth-order valence-electron chi connectivity index (χ4n) is 3.12. The number of piperidine rings is 1. The highest BCUT2D eigenvalue weighted by Crippen LogP contribution is 2.19. The summed E-state index contributed by atoms with van der Waals surface area (Å²) in [5.41, 5.74) is 0.503. The van der Waals surface area contributed by atoms with Gasteiger partial charge in [0.05, 0.1) is 5.56 Å². The lowest BCUT2D eigenvalue weighted by Crippen LogP contribution is -2.41. The summed E-state index contributed by atoms with van der Waals surface area (Å²) in [6, 6.07) is 13.2. The van der Waals surface area contributed by atoms with Gasteiger partial charge in [-0.05, 0) is 35.6 Å². The molecule has 1 amide bonds. The average Bonchev–Trinajstić information content (AvgIpc) is 2.59. The Hall–Kier alpha value is -2.36. The zero-order chi connectivity index (χ0) is 16.2. The van der Waals surface area contributed by atoms with Gasteiger partial charge in [-0.3, -0.25) is 4.79 Å². The first-order valence-electron chi connectivity index (χ1n) is 8.08. The zero-order valence-corrected chi connectivity index (χ0v) is 13.3. The number of rotatable bonds is 3. The predicted octanol–water partition coefficient (Wildman–Crippen LogP) is 3.26. The van der Waals surface area contributed by atoms with Crippen LogP contribution in [0.4, 0.5) is 0 Å². The van der Waals surface area contributed by atoms with Crippen molar-refractivity contribution in [3.05, 3.63) is 48.0 Å². The van der Waals surface area contributed by atoms with Gasteiger partial charge >= 0.3 is 5.97 Å². The van der Waals surface area contributed by atoms with Gasteiger partial charge in [-0.15, -0.1) is 0 Å². The highest BCUT2D eigenvalue weighted by Gasteiger charge is 2.22. The topological polar surface area (TPSA) is 46.6 Å². The van der Waals surface area contributed by atoms with Crippen LogP contribution in [-0.4, -0.2) is 36.5 Å². The molecule has 1 heterocycles. The number of carbonyl (C=O) groups is 2. The van der Waals surface area contributed by atoms with Crippen molar-refractivity contribution in [3.8, 4) is 0 Å². The normalized spacial score (nSPS) is 18.0. The smallest absolute Gasteiger partial charge is 0.339 e. The number of amides is 1. The third-order valence-corrected chi connectivity index (χ3v) is 4.35. The second-order valence-corrected chi connectivity index (χ2v) is 6.19. The van der Waals surface area contributed by atoms with Gasteiger partial charge in [0.1, 0.15) is 0 Å². The van der Waals surface area contributed by atoms with Crippen molar-refractivity contribution < 1.29 is 14.3 Å². The molecule has 3 rings (SSSR count). The Morgan fingerprint density at radius 3 is 2.78 bits per heavy atom. The van der Waals surface area contributed by atoms with Crippen molar-refractivity contribution in [3.63, 3.8) is 0 Å². The molecule has 0 saturated carbocycles. The van der Waals surface area contributed by atoms with E-state index in [1.807, 2.05) is 36.4 Å². The molecule has 1 aliphatic heterocycles. The quantitative estimate of drug-likeness (QED) is 0.817. The Bertz CT molecular complexity index is 720. The van der Waals surface area contributed by atoms with Crippen LogP contribution in [0.1, 0.15) is 30.1 Å². The van der Waals surface area contributed by atoms with Gasteiger partial charge in [-0.1, -0.05) is 43.3 Å². The van der Waals surface area contributed by atoms with Crippen LogP contribution in [0.25, 0.3) is 10.8 Å². The largest absolute Gasteiger partial charge is 0.452 e. The lowest BCUT2D eigenvalue weighted by molar-refractivity contribution is -0.136. The van der Waals surface area contributed by atoms with Gasteiger partial charge in [-0.2, -0.15) is 0 Å². The van der Waals surface area contributed by atoms with Crippen LogP contribution in [0.2, 0.25) is 0 Å². The summed E-state index contributed by atoms with van der Waals surface area (Å²) in [5.74, 6) is -0.0354. The van der Waals surface area contributed by atoms with E-state index in [0.29, 0.717) is 11.5 Å². The maximum Gasteiger partial charge on any atom is 0.339 e. The molecule has 2 aromatic rings. The summed E-state index contributed by atoms with van der Waals surface area (Å²) in [7, 11) is 0. The van der Waals surface area contributed by atoms with Crippen LogP contribution in [0.15, 0.2) is 42.5 Å². The Morgan fingerprint density at radius 1 is 1.17 bits per heavy atom. The molecule has 23 heavy (non-hydrogen) atoms. The summed E-state index contributed by atoms with van der Waals surface area (Å²) in [6.45, 7) is 3.47. The number of benzene rings is 2. The molecule has 0 N–H and O–H groups in total. The van der Waals surface area contributed by atoms with Crippen molar-refractivity contribution in [2.45, 2.75) is 19.8 Å². The fourth-order valence-corrected chi connectivity index (χ4v) is 3.12. The predicted molar refractivity (Wildman–Crippen MR) is 89.2 cm³/mol. The maximum absolute atomic E-state index is 12.3. The maximum atomic E-state index is 12.3. The summed E-state index contributed by atoms with van der Waals surface area (Å²) in [4.78, 5) is 26.3. The van der Waals surface area contributed by atoms with Crippen LogP contribution in [-0.2, 0) is 9.53 Å². The van der Waals surface area contributed by atoms with Crippen molar-refractivity contribution in [1.29, 1.82) is 0 Å². The highest BCUT2D eigenvalue weighted by atomic mass is 16.5. The molecule has 0 bridgehead atoms. The first kappa shape index (κ1) is 15.5. The molecule has 4 nitrogen and oxygen atoms in total. The standard InChI is InChI=1S/C19H21NO3/c1-14-6-5-11-20(12-14)18(21)13-23-19(22)17-10-4-8-15-7-2-3-9-16(15)17/h2-4,7-10,14H,5-6,11-13H2,1H3/t14-/m0/s1. The molecule has 4 heteroatoms. The van der Waals surface area contributed by atoms with E-state index < -0.39 is 5.97 Å². The lowest BCUT2D eigenvalue weighted by Gasteiger charge is -2.30. The minimum absolute atomic E-state index is 0.106. The van der Waals surface area contributed by atoms with E-state index in [1.54, 1.807) is 11.0 Å². The molecule has 0 aromatic heterocycles. The second-order valence-electron chi connectivity index (χ2n) is 6.19. The van der Waals surface area contributed by atoms with Gasteiger partial charge in [0.25, 0.3) is 5.91 Å². The summed E-state index contributed by atoms with van der Waals surface area (Å²) in [6.07, 6.45) is 2.17. The SMILES string of the molecule is C[C@H]1CCCN(C(=O)COC(=O)c2cccc3ccccc23)C1. The number of carbonyl (C=O) groups excluding carboxylic acids is 2. The fraction of sp³-hybridized carbons (Fsp3) is 0.368. The minimum atomic E-state index is -0.444. The van der Waals surface area contributed by atoms with Gasteiger partial charge < -0.3 is 9.64 Å². The highest BCUT2D eigenvalue weighted by molar-refractivity contribution is 6.04. The van der Waals surface area contributed by atoms with E-state index >= 15 is 0 Å². The summed E-state index contributed by atoms with van der Waals surface area (Å²) in [5, 5.41) is 1.83.